The Labute approximate surface area is 241 Å². The molecule has 216 valence electrons. The molecule has 0 heterocycles. The average molecular weight is 671 g/mol. The fourth-order valence-corrected chi connectivity index (χ4v) is 5.96. The van der Waals surface area contributed by atoms with Crippen LogP contribution in [0.2, 0.25) is 10.0 Å². The van der Waals surface area contributed by atoms with Gasteiger partial charge in [0.1, 0.15) is 20.7 Å². The number of halogens is 11. The summed E-state index contributed by atoms with van der Waals surface area (Å²) < 4.78 is 92.4. The van der Waals surface area contributed by atoms with E-state index in [1.54, 1.807) is 0 Å². The van der Waals surface area contributed by atoms with E-state index in [0.717, 1.165) is 24.3 Å². The average Bonchev–Trinajstić information content (AvgIpc) is 3.40. The van der Waals surface area contributed by atoms with Gasteiger partial charge < -0.3 is 16.4 Å². The molecule has 3 aromatic carbocycles. The molecule has 17 heteroatoms. The number of hydrogen-bond donors (Lipinski definition) is 3. The lowest BCUT2D eigenvalue weighted by Gasteiger charge is -2.40. The molecule has 0 aromatic heterocycles. The summed E-state index contributed by atoms with van der Waals surface area (Å²) >= 11 is 24.0. The number of nitrogen functional groups attached to an aromatic ring is 1. The summed E-state index contributed by atoms with van der Waals surface area (Å²) in [7, 11) is -10.1. The molecule has 1 fully saturated rings. The number of carbonyl (C=O) groups is 2. The van der Waals surface area contributed by atoms with Crippen LogP contribution in [0.4, 0.5) is 45.3 Å². The summed E-state index contributed by atoms with van der Waals surface area (Å²) in [6, 6.07) is 6.38. The van der Waals surface area contributed by atoms with Crippen LogP contribution in [-0.2, 0) is 4.79 Å². The number of anilines is 3. The van der Waals surface area contributed by atoms with Crippen molar-refractivity contribution in [2.75, 3.05) is 16.4 Å². The van der Waals surface area contributed by atoms with Crippen LogP contribution in [-0.4, -0.2) is 16.1 Å². The molecule has 1 saturated carbocycles. The van der Waals surface area contributed by atoms with E-state index in [1.165, 1.54) is 12.1 Å². The third kappa shape index (κ3) is 6.03. The first-order valence-corrected chi connectivity index (χ1v) is 14.1. The van der Waals surface area contributed by atoms with E-state index in [-0.39, 0.29) is 28.4 Å². The second kappa shape index (κ2) is 9.21. The largest absolute Gasteiger partial charge is 0.394 e. The smallest absolute Gasteiger partial charge is 0.310 e. The SMILES string of the molecule is Nc1c(F)ccc(NC(=O)c2cc(NC(=O)[C@H]3[C@H](c4cc(Cl)cc(S(F)(F)(F)(F)F)c4)C3(Cl)Cl)ccc2Cl)c1F. The lowest BCUT2D eigenvalue weighted by molar-refractivity contribution is -0.117. The summed E-state index contributed by atoms with van der Waals surface area (Å²) in [5.41, 5.74) is 3.20. The summed E-state index contributed by atoms with van der Waals surface area (Å²) in [6.07, 6.45) is 0. The van der Waals surface area contributed by atoms with Crippen LogP contribution in [0.5, 0.6) is 0 Å². The first-order chi connectivity index (χ1) is 18.1. The Bertz CT molecular complexity index is 1590. The Hall–Kier alpha value is -2.58. The van der Waals surface area contributed by atoms with Crippen LogP contribution >= 0.6 is 56.6 Å². The van der Waals surface area contributed by atoms with Gasteiger partial charge in [-0.3, -0.25) is 9.59 Å². The van der Waals surface area contributed by atoms with Crippen molar-refractivity contribution >= 4 is 85.5 Å². The number of amides is 2. The van der Waals surface area contributed by atoms with Crippen molar-refractivity contribution in [1.29, 1.82) is 0 Å². The predicted octanol–water partition coefficient (Wildman–Crippen LogP) is 9.29. The van der Waals surface area contributed by atoms with Crippen molar-refractivity contribution in [3.05, 3.63) is 81.3 Å². The highest BCUT2D eigenvalue weighted by Crippen LogP contribution is 3.02. The summed E-state index contributed by atoms with van der Waals surface area (Å²) in [4.78, 5) is 23.3. The van der Waals surface area contributed by atoms with Gasteiger partial charge in [-0.15, -0.1) is 23.2 Å². The van der Waals surface area contributed by atoms with Gasteiger partial charge in [0.05, 0.1) is 22.2 Å². The number of rotatable bonds is 6. The molecule has 1 aliphatic carbocycles. The zero-order valence-corrected chi connectivity index (χ0v) is 23.1. The van der Waals surface area contributed by atoms with Gasteiger partial charge in [0, 0.05) is 16.6 Å². The van der Waals surface area contributed by atoms with Crippen LogP contribution in [0.15, 0.2) is 53.4 Å². The predicted molar refractivity (Wildman–Crippen MR) is 142 cm³/mol. The molecular formula is C23H14Cl4F7N3O2S. The van der Waals surface area contributed by atoms with Gasteiger partial charge in [-0.1, -0.05) is 42.6 Å². The lowest BCUT2D eigenvalue weighted by atomic mass is 10.1. The van der Waals surface area contributed by atoms with Crippen molar-refractivity contribution in [3.63, 3.8) is 0 Å². The third-order valence-electron chi connectivity index (χ3n) is 5.89. The Morgan fingerprint density at radius 1 is 0.900 bits per heavy atom. The van der Waals surface area contributed by atoms with Crippen molar-refractivity contribution < 1.29 is 37.8 Å². The van der Waals surface area contributed by atoms with Gasteiger partial charge in [-0.2, -0.15) is 0 Å². The number of nitrogens with two attached hydrogens (primary N) is 1. The van der Waals surface area contributed by atoms with Gasteiger partial charge in [0.25, 0.3) is 5.91 Å². The first kappa shape index (κ1) is 30.4. The summed E-state index contributed by atoms with van der Waals surface area (Å²) in [5.74, 6) is -6.95. The van der Waals surface area contributed by atoms with E-state index in [4.69, 9.17) is 52.1 Å². The summed E-state index contributed by atoms with van der Waals surface area (Å²) in [6.45, 7) is 0. The van der Waals surface area contributed by atoms with E-state index in [0.29, 0.717) is 0 Å². The third-order valence-corrected chi connectivity index (χ3v) is 8.50. The molecule has 0 spiro atoms. The zero-order chi connectivity index (χ0) is 30.1. The molecule has 5 nitrogen and oxygen atoms in total. The highest BCUT2D eigenvalue weighted by Gasteiger charge is 2.69. The summed E-state index contributed by atoms with van der Waals surface area (Å²) in [5, 5.41) is 3.71. The molecule has 2 atom stereocenters. The molecule has 3 aromatic rings. The standard InChI is InChI=1S/C23H14Cl4F7N3O2S/c24-10-5-9(6-12(7-10)40(30,31,32,33)34)17-18(23(17,26)27)22(39)36-11-1-2-14(25)13(8-11)21(38)37-16-4-3-15(28)20(35)19(16)29/h1-8,17-18H,35H2,(H,36,39)(H,37,38)/t17-,18+/m0/s1. The maximum atomic E-state index is 14.2. The van der Waals surface area contributed by atoms with Crippen LogP contribution in [0, 0.1) is 17.6 Å². The minimum atomic E-state index is -10.1. The van der Waals surface area contributed by atoms with Crippen LogP contribution in [0.3, 0.4) is 0 Å². The fraction of sp³-hybridized carbons (Fsp3) is 0.130. The molecule has 1 aliphatic rings. The quantitative estimate of drug-likeness (QED) is 0.139. The number of carbonyl (C=O) groups excluding carboxylic acids is 2. The number of hydrogen-bond acceptors (Lipinski definition) is 3. The minimum absolute atomic E-state index is 0.0562. The van der Waals surface area contributed by atoms with Gasteiger partial charge in [0.15, 0.2) is 5.82 Å². The van der Waals surface area contributed by atoms with Gasteiger partial charge in [0.2, 0.25) is 5.91 Å². The van der Waals surface area contributed by atoms with Crippen molar-refractivity contribution in [3.8, 4) is 0 Å². The van der Waals surface area contributed by atoms with E-state index in [9.17, 15) is 37.8 Å². The minimum Gasteiger partial charge on any atom is -0.394 e. The highest BCUT2D eigenvalue weighted by molar-refractivity contribution is 8.45. The molecule has 0 radical (unpaired) electrons. The second-order valence-electron chi connectivity index (χ2n) is 8.78. The number of benzene rings is 3. The van der Waals surface area contributed by atoms with Gasteiger partial charge >= 0.3 is 10.2 Å². The molecule has 0 aliphatic heterocycles. The van der Waals surface area contributed by atoms with Crippen LogP contribution < -0.4 is 16.4 Å². The highest BCUT2D eigenvalue weighted by atomic mass is 35.5. The molecular weight excluding hydrogens is 657 g/mol. The van der Waals surface area contributed by atoms with E-state index >= 15 is 0 Å². The van der Waals surface area contributed by atoms with E-state index < -0.39 is 76.7 Å². The first-order valence-electron chi connectivity index (χ1n) is 10.7. The monoisotopic (exact) mass is 669 g/mol. The molecule has 0 unspecified atom stereocenters. The van der Waals surface area contributed by atoms with E-state index in [2.05, 4.69) is 10.6 Å². The Balaban J connectivity index is 1.57. The Morgan fingerprint density at radius 3 is 2.17 bits per heavy atom. The Morgan fingerprint density at radius 2 is 1.55 bits per heavy atom. The van der Waals surface area contributed by atoms with Gasteiger partial charge in [-0.05, 0) is 54.1 Å². The lowest BCUT2D eigenvalue weighted by Crippen LogP contribution is -2.18. The maximum absolute atomic E-state index is 14.2. The fourth-order valence-electron chi connectivity index (χ4n) is 3.91. The zero-order valence-electron chi connectivity index (χ0n) is 19.2. The normalized spacial score (nSPS) is 19.8. The van der Waals surface area contributed by atoms with Crippen molar-refractivity contribution in [1.82, 2.24) is 0 Å². The maximum Gasteiger partial charge on any atom is 0.310 e. The molecule has 4 rings (SSSR count). The molecule has 0 bridgehead atoms. The molecule has 4 N–H and O–H groups in total. The topological polar surface area (TPSA) is 84.2 Å². The van der Waals surface area contributed by atoms with Crippen molar-refractivity contribution in [2.24, 2.45) is 5.92 Å². The van der Waals surface area contributed by atoms with Crippen LogP contribution in [0.1, 0.15) is 21.8 Å². The second-order valence-corrected chi connectivity index (χ2v) is 13.5. The Kier molecular flexibility index (Phi) is 7.00. The van der Waals surface area contributed by atoms with E-state index in [1.807, 2.05) is 0 Å². The molecule has 40 heavy (non-hydrogen) atoms. The number of nitrogens with one attached hydrogen (secondary N) is 2. The number of alkyl halides is 2. The van der Waals surface area contributed by atoms with Crippen molar-refractivity contribution in [2.45, 2.75) is 15.1 Å². The van der Waals surface area contributed by atoms with Crippen LogP contribution in [0.25, 0.3) is 0 Å². The molecule has 0 saturated heterocycles. The molecule has 2 amide bonds. The van der Waals surface area contributed by atoms with Gasteiger partial charge in [-0.25, -0.2) is 8.78 Å².